The molecule has 1 amide bonds. The molecule has 0 saturated heterocycles. The molecule has 0 radical (unpaired) electrons. The molecule has 0 saturated carbocycles. The lowest BCUT2D eigenvalue weighted by Gasteiger charge is -2.20. The summed E-state index contributed by atoms with van der Waals surface area (Å²) in [5.74, 6) is -1.31. The highest BCUT2D eigenvalue weighted by Gasteiger charge is 2.36. The van der Waals surface area contributed by atoms with Gasteiger partial charge in [0.05, 0.1) is 12.1 Å². The van der Waals surface area contributed by atoms with Crippen molar-refractivity contribution in [3.8, 4) is 0 Å². The first-order valence-electron chi connectivity index (χ1n) is 7.93. The van der Waals surface area contributed by atoms with Gasteiger partial charge >= 0.3 is 0 Å². The van der Waals surface area contributed by atoms with E-state index in [1.807, 2.05) is 13.8 Å². The second kappa shape index (κ2) is 6.51. The van der Waals surface area contributed by atoms with E-state index < -0.39 is 17.4 Å². The molecule has 0 bridgehead atoms. The second-order valence-electron chi connectivity index (χ2n) is 6.22. The lowest BCUT2D eigenvalue weighted by Crippen LogP contribution is -2.34. The largest absolute Gasteiger partial charge is 0.503 e. The van der Waals surface area contributed by atoms with Gasteiger partial charge in [0.2, 0.25) is 5.78 Å². The molecule has 1 aromatic carbocycles. The average molecular weight is 343 g/mol. The molecule has 0 unspecified atom stereocenters. The summed E-state index contributed by atoms with van der Waals surface area (Å²) in [7, 11) is 0. The van der Waals surface area contributed by atoms with Crippen LogP contribution in [0.4, 0.5) is 4.39 Å². The Bertz CT molecular complexity index is 853. The smallest absolute Gasteiger partial charge is 0.289 e. The number of carbonyl (C=O) groups excluding carboxylic acids is 2. The van der Waals surface area contributed by atoms with Crippen molar-refractivity contribution in [2.24, 2.45) is 0 Å². The van der Waals surface area contributed by atoms with Gasteiger partial charge in [0.25, 0.3) is 5.91 Å². The number of halogens is 1. The van der Waals surface area contributed by atoms with E-state index in [-0.39, 0.29) is 29.7 Å². The Morgan fingerprint density at radius 1 is 1.36 bits per heavy atom. The van der Waals surface area contributed by atoms with Crippen LogP contribution in [0.3, 0.4) is 0 Å². The van der Waals surface area contributed by atoms with Gasteiger partial charge in [-0.1, -0.05) is 12.1 Å². The van der Waals surface area contributed by atoms with E-state index in [0.29, 0.717) is 12.2 Å². The third-order valence-corrected chi connectivity index (χ3v) is 4.12. The van der Waals surface area contributed by atoms with Crippen LogP contribution >= 0.6 is 0 Å². The van der Waals surface area contributed by atoms with Gasteiger partial charge in [-0.05, 0) is 31.5 Å². The maximum absolute atomic E-state index is 12.9. The minimum absolute atomic E-state index is 0.0542. The number of imidazole rings is 1. The maximum atomic E-state index is 12.9. The van der Waals surface area contributed by atoms with Crippen LogP contribution in [0.2, 0.25) is 0 Å². The number of nitrogens with one attached hydrogen (secondary N) is 1. The van der Waals surface area contributed by atoms with Gasteiger partial charge in [0.1, 0.15) is 17.3 Å². The van der Waals surface area contributed by atoms with Gasteiger partial charge < -0.3 is 15.0 Å². The van der Waals surface area contributed by atoms with Gasteiger partial charge in [-0.15, -0.1) is 0 Å². The van der Waals surface area contributed by atoms with E-state index in [9.17, 15) is 19.1 Å². The van der Waals surface area contributed by atoms with E-state index in [4.69, 9.17) is 0 Å². The van der Waals surface area contributed by atoms with Crippen molar-refractivity contribution in [2.45, 2.75) is 26.3 Å². The Morgan fingerprint density at radius 3 is 2.64 bits per heavy atom. The average Bonchev–Trinajstić information content (AvgIpc) is 3.15. The minimum atomic E-state index is -0.541. The molecular formula is C18H18FN3O3. The third kappa shape index (κ3) is 3.31. The summed E-state index contributed by atoms with van der Waals surface area (Å²) < 4.78 is 12.9. The Morgan fingerprint density at radius 2 is 2.04 bits per heavy atom. The Labute approximate surface area is 144 Å². The van der Waals surface area contributed by atoms with Gasteiger partial charge in [0.15, 0.2) is 5.76 Å². The number of H-pyrrole nitrogens is 1. The lowest BCUT2D eigenvalue weighted by molar-refractivity contribution is -0.129. The minimum Gasteiger partial charge on any atom is -0.503 e. The first-order chi connectivity index (χ1) is 11.9. The van der Waals surface area contributed by atoms with E-state index in [0.717, 1.165) is 5.56 Å². The van der Waals surface area contributed by atoms with Crippen molar-refractivity contribution in [1.29, 1.82) is 0 Å². The molecule has 1 aliphatic rings. The monoisotopic (exact) mass is 343 g/mol. The number of amides is 1. The van der Waals surface area contributed by atoms with Crippen molar-refractivity contribution in [3.63, 3.8) is 0 Å². The zero-order chi connectivity index (χ0) is 18.1. The second-order valence-corrected chi connectivity index (χ2v) is 6.22. The Kier molecular flexibility index (Phi) is 4.39. The number of ketones is 1. The SMILES string of the molecule is CC(C)N1CC(C(=O)c2c[nH]c(Cc3ccc(F)cc3)n2)=C(O)C1=O. The predicted molar refractivity (Wildman–Crippen MR) is 88.6 cm³/mol. The number of aliphatic hydroxyl groups is 1. The van der Waals surface area contributed by atoms with E-state index in [2.05, 4.69) is 9.97 Å². The summed E-state index contributed by atoms with van der Waals surface area (Å²) in [6.07, 6.45) is 1.86. The Balaban J connectivity index is 1.77. The van der Waals surface area contributed by atoms with E-state index in [1.54, 1.807) is 12.1 Å². The van der Waals surface area contributed by atoms with Gasteiger partial charge in [-0.25, -0.2) is 9.37 Å². The number of carbonyl (C=O) groups is 2. The highest BCUT2D eigenvalue weighted by molar-refractivity contribution is 6.14. The molecule has 0 spiro atoms. The number of benzene rings is 1. The first kappa shape index (κ1) is 16.9. The molecule has 2 heterocycles. The van der Waals surface area contributed by atoms with Gasteiger partial charge in [0, 0.05) is 18.7 Å². The molecule has 6 nitrogen and oxygen atoms in total. The highest BCUT2D eigenvalue weighted by atomic mass is 19.1. The van der Waals surface area contributed by atoms with E-state index in [1.165, 1.54) is 23.2 Å². The molecular weight excluding hydrogens is 325 g/mol. The van der Waals surface area contributed by atoms with Gasteiger partial charge in [-0.2, -0.15) is 0 Å². The zero-order valence-electron chi connectivity index (χ0n) is 13.9. The number of aromatic nitrogens is 2. The van der Waals surface area contributed by atoms with Crippen LogP contribution in [0, 0.1) is 5.82 Å². The summed E-state index contributed by atoms with van der Waals surface area (Å²) in [6.45, 7) is 3.70. The number of nitrogens with zero attached hydrogens (tertiary/aromatic N) is 2. The lowest BCUT2D eigenvalue weighted by atomic mass is 10.1. The Hall–Kier alpha value is -2.96. The van der Waals surface area contributed by atoms with Crippen LogP contribution in [-0.4, -0.2) is 44.3 Å². The molecule has 25 heavy (non-hydrogen) atoms. The molecule has 1 aromatic heterocycles. The summed E-state index contributed by atoms with van der Waals surface area (Å²) in [5.41, 5.74) is 1.04. The number of hydrogen-bond donors (Lipinski definition) is 2. The quantitative estimate of drug-likeness (QED) is 0.816. The number of rotatable bonds is 5. The summed E-state index contributed by atoms with van der Waals surface area (Å²) in [6, 6.07) is 5.89. The number of Topliss-reactive ketones (excluding diaryl/α,β-unsaturated/α-hetero) is 1. The molecule has 3 rings (SSSR count). The van der Waals surface area contributed by atoms with Crippen molar-refractivity contribution in [3.05, 3.63) is 64.7 Å². The fraction of sp³-hybridized carbons (Fsp3) is 0.278. The molecule has 2 N–H and O–H groups in total. The molecule has 0 atom stereocenters. The summed E-state index contributed by atoms with van der Waals surface area (Å²) in [4.78, 5) is 33.1. The predicted octanol–water partition coefficient (Wildman–Crippen LogP) is 2.38. The molecule has 1 aliphatic heterocycles. The van der Waals surface area contributed by atoms with Crippen LogP contribution < -0.4 is 0 Å². The van der Waals surface area contributed by atoms with Crippen LogP contribution in [0.15, 0.2) is 41.8 Å². The molecule has 2 aromatic rings. The number of aliphatic hydroxyl groups excluding tert-OH is 1. The molecule has 130 valence electrons. The van der Waals surface area contributed by atoms with Crippen molar-refractivity contribution < 1.29 is 19.1 Å². The fourth-order valence-electron chi connectivity index (χ4n) is 2.70. The van der Waals surface area contributed by atoms with Crippen LogP contribution in [0.25, 0.3) is 0 Å². The molecule has 0 aliphatic carbocycles. The highest BCUT2D eigenvalue weighted by Crippen LogP contribution is 2.22. The first-order valence-corrected chi connectivity index (χ1v) is 7.93. The summed E-state index contributed by atoms with van der Waals surface area (Å²) >= 11 is 0. The zero-order valence-corrected chi connectivity index (χ0v) is 13.9. The fourth-order valence-corrected chi connectivity index (χ4v) is 2.70. The number of hydrogen-bond acceptors (Lipinski definition) is 4. The topological polar surface area (TPSA) is 86.3 Å². The molecule has 0 fully saturated rings. The third-order valence-electron chi connectivity index (χ3n) is 4.12. The van der Waals surface area contributed by atoms with Gasteiger partial charge in [-0.3, -0.25) is 9.59 Å². The standard InChI is InChI=1S/C18H18FN3O3/c1-10(2)22-9-13(17(24)18(22)25)16(23)14-8-20-15(21-14)7-11-3-5-12(19)6-4-11/h3-6,8,10,24H,7,9H2,1-2H3,(H,20,21). The molecule has 7 heteroatoms. The van der Waals surface area contributed by atoms with Crippen LogP contribution in [0.5, 0.6) is 0 Å². The van der Waals surface area contributed by atoms with Crippen molar-refractivity contribution >= 4 is 11.7 Å². The maximum Gasteiger partial charge on any atom is 0.289 e. The van der Waals surface area contributed by atoms with Crippen molar-refractivity contribution in [1.82, 2.24) is 14.9 Å². The van der Waals surface area contributed by atoms with Crippen LogP contribution in [0.1, 0.15) is 35.7 Å². The number of aromatic amines is 1. The van der Waals surface area contributed by atoms with E-state index >= 15 is 0 Å². The van der Waals surface area contributed by atoms with Crippen LogP contribution in [-0.2, 0) is 11.2 Å². The normalized spacial score (nSPS) is 14.7. The summed E-state index contributed by atoms with van der Waals surface area (Å²) in [5, 5.41) is 9.97. The van der Waals surface area contributed by atoms with Crippen molar-refractivity contribution in [2.75, 3.05) is 6.54 Å².